The van der Waals surface area contributed by atoms with Gasteiger partial charge in [-0.3, -0.25) is 9.59 Å². The van der Waals surface area contributed by atoms with E-state index in [2.05, 4.69) is 6.92 Å². The third-order valence-electron chi connectivity index (χ3n) is 2.58. The first kappa shape index (κ1) is 12.0. The van der Waals surface area contributed by atoms with Gasteiger partial charge in [-0.25, -0.2) is 0 Å². The van der Waals surface area contributed by atoms with Gasteiger partial charge in [-0.2, -0.15) is 0 Å². The molecule has 0 aromatic heterocycles. The summed E-state index contributed by atoms with van der Waals surface area (Å²) in [4.78, 5) is 24.0. The molecule has 2 atom stereocenters. The molecular weight excluding hydrogens is 194 g/mol. The summed E-state index contributed by atoms with van der Waals surface area (Å²) in [6.07, 6.45) is 0.366. The molecule has 1 amide bonds. The standard InChI is InChI=1S/C11H19NO3/c1-8-5-9(15-7-13)12(6-8)10(14)11(2,3)4/h7-9H,5-6H2,1-4H3/t8-,9+/m0/s1. The van der Waals surface area contributed by atoms with Gasteiger partial charge in [0.25, 0.3) is 6.47 Å². The molecule has 0 spiro atoms. The highest BCUT2D eigenvalue weighted by atomic mass is 16.5. The molecule has 15 heavy (non-hydrogen) atoms. The van der Waals surface area contributed by atoms with Gasteiger partial charge in [0.1, 0.15) is 0 Å². The van der Waals surface area contributed by atoms with Crippen LogP contribution in [0.5, 0.6) is 0 Å². The second-order valence-corrected chi connectivity index (χ2v) is 5.24. The first-order chi connectivity index (χ1) is 6.86. The Balaban J connectivity index is 2.75. The predicted octanol–water partition coefficient (Wildman–Crippen LogP) is 1.40. The maximum absolute atomic E-state index is 12.0. The number of rotatable bonds is 2. The molecule has 4 nitrogen and oxygen atoms in total. The maximum atomic E-state index is 12.0. The van der Waals surface area contributed by atoms with Crippen molar-refractivity contribution >= 4 is 12.4 Å². The summed E-state index contributed by atoms with van der Waals surface area (Å²) in [5.41, 5.74) is -0.422. The molecule has 0 bridgehead atoms. The van der Waals surface area contributed by atoms with Crippen LogP contribution in [0.25, 0.3) is 0 Å². The van der Waals surface area contributed by atoms with Crippen LogP contribution in [0.4, 0.5) is 0 Å². The van der Waals surface area contributed by atoms with Gasteiger partial charge in [-0.05, 0) is 5.92 Å². The molecule has 0 saturated carbocycles. The first-order valence-electron chi connectivity index (χ1n) is 5.26. The zero-order valence-electron chi connectivity index (χ0n) is 9.82. The fourth-order valence-electron chi connectivity index (χ4n) is 1.84. The molecule has 86 valence electrons. The Hall–Kier alpha value is -1.06. The van der Waals surface area contributed by atoms with E-state index < -0.39 is 5.41 Å². The van der Waals surface area contributed by atoms with Gasteiger partial charge in [-0.1, -0.05) is 27.7 Å². The van der Waals surface area contributed by atoms with Crippen molar-refractivity contribution in [1.29, 1.82) is 0 Å². The molecule has 4 heteroatoms. The summed E-state index contributed by atoms with van der Waals surface area (Å²) in [5, 5.41) is 0. The second kappa shape index (κ2) is 4.21. The van der Waals surface area contributed by atoms with Crippen molar-refractivity contribution in [1.82, 2.24) is 4.90 Å². The van der Waals surface area contributed by atoms with Crippen LogP contribution in [0.15, 0.2) is 0 Å². The largest absolute Gasteiger partial charge is 0.444 e. The van der Waals surface area contributed by atoms with Crippen molar-refractivity contribution in [2.45, 2.75) is 40.3 Å². The van der Waals surface area contributed by atoms with E-state index in [-0.39, 0.29) is 12.1 Å². The van der Waals surface area contributed by atoms with Gasteiger partial charge in [0.05, 0.1) is 0 Å². The number of carbonyl (C=O) groups excluding carboxylic acids is 2. The van der Waals surface area contributed by atoms with Gasteiger partial charge in [-0.15, -0.1) is 0 Å². The molecule has 1 saturated heterocycles. The molecule has 1 heterocycles. The van der Waals surface area contributed by atoms with Crippen molar-refractivity contribution in [2.24, 2.45) is 11.3 Å². The lowest BCUT2D eigenvalue weighted by Crippen LogP contribution is -2.43. The Morgan fingerprint density at radius 3 is 2.53 bits per heavy atom. The molecule has 1 aliphatic heterocycles. The number of amides is 1. The fourth-order valence-corrected chi connectivity index (χ4v) is 1.84. The third kappa shape index (κ3) is 2.70. The monoisotopic (exact) mass is 213 g/mol. The summed E-state index contributed by atoms with van der Waals surface area (Å²) in [6, 6.07) is 0. The molecule has 1 fully saturated rings. The van der Waals surface area contributed by atoms with Gasteiger partial charge in [0.2, 0.25) is 5.91 Å². The van der Waals surface area contributed by atoms with E-state index in [4.69, 9.17) is 4.74 Å². The molecule has 1 aliphatic rings. The second-order valence-electron chi connectivity index (χ2n) is 5.24. The molecule has 1 rings (SSSR count). The van der Waals surface area contributed by atoms with Crippen molar-refractivity contribution < 1.29 is 14.3 Å². The maximum Gasteiger partial charge on any atom is 0.295 e. The van der Waals surface area contributed by atoms with Crippen LogP contribution in [-0.4, -0.2) is 30.1 Å². The number of nitrogens with zero attached hydrogens (tertiary/aromatic N) is 1. The Kier molecular flexibility index (Phi) is 3.37. The van der Waals surface area contributed by atoms with E-state index in [0.29, 0.717) is 18.9 Å². The van der Waals surface area contributed by atoms with Crippen LogP contribution in [0.2, 0.25) is 0 Å². The average Bonchev–Trinajstić information content (AvgIpc) is 2.44. The SMILES string of the molecule is C[C@H]1C[C@@H](OC=O)N(C(=O)C(C)(C)C)C1. The summed E-state index contributed by atoms with van der Waals surface area (Å²) < 4.78 is 4.93. The zero-order chi connectivity index (χ0) is 11.6. The topological polar surface area (TPSA) is 46.6 Å². The van der Waals surface area contributed by atoms with Crippen LogP contribution in [0.1, 0.15) is 34.1 Å². The quantitative estimate of drug-likeness (QED) is 0.651. The molecule has 0 unspecified atom stereocenters. The van der Waals surface area contributed by atoms with Crippen molar-refractivity contribution in [2.75, 3.05) is 6.54 Å². The highest BCUT2D eigenvalue weighted by Gasteiger charge is 2.38. The summed E-state index contributed by atoms with van der Waals surface area (Å²) >= 11 is 0. The molecule has 0 aliphatic carbocycles. The molecule has 0 radical (unpaired) electrons. The number of hydrogen-bond acceptors (Lipinski definition) is 3. The van der Waals surface area contributed by atoms with Gasteiger partial charge in [0, 0.05) is 18.4 Å². The summed E-state index contributed by atoms with van der Waals surface area (Å²) in [6.45, 7) is 8.76. The van der Waals surface area contributed by atoms with Crippen LogP contribution >= 0.6 is 0 Å². The van der Waals surface area contributed by atoms with Crippen LogP contribution in [0.3, 0.4) is 0 Å². The lowest BCUT2D eigenvalue weighted by atomic mass is 9.95. The Bertz CT molecular complexity index is 257. The summed E-state index contributed by atoms with van der Waals surface area (Å²) in [7, 11) is 0. The number of carbonyl (C=O) groups is 2. The van der Waals surface area contributed by atoms with Crippen molar-refractivity contribution in [3.63, 3.8) is 0 Å². The normalized spacial score (nSPS) is 26.5. The fraction of sp³-hybridized carbons (Fsp3) is 0.818. The number of ether oxygens (including phenoxy) is 1. The lowest BCUT2D eigenvalue weighted by molar-refractivity contribution is -0.155. The minimum atomic E-state index is -0.422. The van der Waals surface area contributed by atoms with Gasteiger partial charge in [0.15, 0.2) is 6.23 Å². The number of hydrogen-bond donors (Lipinski definition) is 0. The van der Waals surface area contributed by atoms with Gasteiger partial charge >= 0.3 is 0 Å². The minimum absolute atomic E-state index is 0.0405. The smallest absolute Gasteiger partial charge is 0.295 e. The third-order valence-corrected chi connectivity index (χ3v) is 2.58. The van der Waals surface area contributed by atoms with Crippen LogP contribution in [-0.2, 0) is 14.3 Å². The van der Waals surface area contributed by atoms with E-state index >= 15 is 0 Å². The minimum Gasteiger partial charge on any atom is -0.444 e. The predicted molar refractivity (Wildman–Crippen MR) is 55.9 cm³/mol. The number of likely N-dealkylation sites (tertiary alicyclic amines) is 1. The highest BCUT2D eigenvalue weighted by Crippen LogP contribution is 2.28. The zero-order valence-corrected chi connectivity index (χ0v) is 9.82. The molecular formula is C11H19NO3. The Labute approximate surface area is 90.6 Å². The van der Waals surface area contributed by atoms with Crippen LogP contribution < -0.4 is 0 Å². The van der Waals surface area contributed by atoms with Crippen molar-refractivity contribution in [3.8, 4) is 0 Å². The first-order valence-corrected chi connectivity index (χ1v) is 5.26. The molecule has 0 aromatic carbocycles. The van der Waals surface area contributed by atoms with E-state index in [1.165, 1.54) is 0 Å². The van der Waals surface area contributed by atoms with Gasteiger partial charge < -0.3 is 9.64 Å². The lowest BCUT2D eigenvalue weighted by Gasteiger charge is -2.29. The van der Waals surface area contributed by atoms with E-state index in [9.17, 15) is 9.59 Å². The van der Waals surface area contributed by atoms with E-state index in [0.717, 1.165) is 6.42 Å². The Morgan fingerprint density at radius 2 is 2.07 bits per heavy atom. The Morgan fingerprint density at radius 1 is 1.47 bits per heavy atom. The van der Waals surface area contributed by atoms with Crippen LogP contribution in [0, 0.1) is 11.3 Å². The molecule has 0 N–H and O–H groups in total. The molecule has 0 aromatic rings. The average molecular weight is 213 g/mol. The van der Waals surface area contributed by atoms with E-state index in [1.807, 2.05) is 20.8 Å². The van der Waals surface area contributed by atoms with Crippen molar-refractivity contribution in [3.05, 3.63) is 0 Å². The highest BCUT2D eigenvalue weighted by molar-refractivity contribution is 5.82. The van der Waals surface area contributed by atoms with E-state index in [1.54, 1.807) is 4.90 Å². The summed E-state index contributed by atoms with van der Waals surface area (Å²) in [5.74, 6) is 0.431.